The Morgan fingerprint density at radius 3 is 2.19 bits per heavy atom. The van der Waals surface area contributed by atoms with E-state index in [1.807, 2.05) is 0 Å². The summed E-state index contributed by atoms with van der Waals surface area (Å²) in [5, 5.41) is 3.92. The molecule has 0 radical (unpaired) electrons. The van der Waals surface area contributed by atoms with Crippen LogP contribution in [-0.4, -0.2) is 15.3 Å². The number of hydrogen-bond acceptors (Lipinski definition) is 4. The Hall–Kier alpha value is -2.87. The van der Waals surface area contributed by atoms with Crippen molar-refractivity contribution in [2.24, 2.45) is 0 Å². The van der Waals surface area contributed by atoms with Gasteiger partial charge in [-0.05, 0) is 31.2 Å². The quantitative estimate of drug-likeness (QED) is 0.507. The van der Waals surface area contributed by atoms with Gasteiger partial charge in [-0.2, -0.15) is 0 Å². The zero-order valence-corrected chi connectivity index (χ0v) is 14.2. The number of halogens is 4. The van der Waals surface area contributed by atoms with Crippen molar-refractivity contribution in [2.45, 2.75) is 6.92 Å². The van der Waals surface area contributed by atoms with Gasteiger partial charge in [0.1, 0.15) is 34.9 Å². The van der Waals surface area contributed by atoms with E-state index in [1.165, 1.54) is 17.5 Å². The van der Waals surface area contributed by atoms with Crippen molar-refractivity contribution < 1.29 is 17.6 Å². The fourth-order valence-electron chi connectivity index (χ4n) is 2.39. The van der Waals surface area contributed by atoms with Crippen LogP contribution in [0.4, 0.5) is 29.1 Å². The first kappa shape index (κ1) is 17.9. The molecule has 0 amide bonds. The van der Waals surface area contributed by atoms with Crippen LogP contribution in [0.1, 0.15) is 11.4 Å². The highest BCUT2D eigenvalue weighted by atomic mass is 32.1. The highest BCUT2D eigenvalue weighted by molar-refractivity contribution is 7.79. The SMILES string of the molecule is Cc1nc(Nc2ccc(F)cc2F)c(C=S)c(-c2ccc(F)cc2F)n1. The summed E-state index contributed by atoms with van der Waals surface area (Å²) in [6.07, 6.45) is 0. The van der Waals surface area contributed by atoms with E-state index in [-0.39, 0.29) is 34.2 Å². The van der Waals surface area contributed by atoms with Gasteiger partial charge >= 0.3 is 0 Å². The van der Waals surface area contributed by atoms with Crippen LogP contribution in [-0.2, 0) is 0 Å². The molecule has 0 saturated carbocycles. The van der Waals surface area contributed by atoms with E-state index in [1.54, 1.807) is 6.92 Å². The number of thiocarbonyl (C=S) groups is 1. The van der Waals surface area contributed by atoms with E-state index in [4.69, 9.17) is 12.2 Å². The van der Waals surface area contributed by atoms with Crippen molar-refractivity contribution in [2.75, 3.05) is 5.32 Å². The Kier molecular flexibility index (Phi) is 4.94. The van der Waals surface area contributed by atoms with Crippen molar-refractivity contribution in [1.29, 1.82) is 0 Å². The molecule has 3 nitrogen and oxygen atoms in total. The molecule has 0 aliphatic heterocycles. The van der Waals surface area contributed by atoms with E-state index < -0.39 is 23.3 Å². The van der Waals surface area contributed by atoms with Gasteiger partial charge in [-0.3, -0.25) is 0 Å². The summed E-state index contributed by atoms with van der Waals surface area (Å²) >= 11 is 4.98. The Balaban J connectivity index is 2.15. The molecule has 8 heteroatoms. The molecular formula is C18H11F4N3S. The smallest absolute Gasteiger partial charge is 0.149 e. The van der Waals surface area contributed by atoms with Gasteiger partial charge < -0.3 is 5.32 Å². The van der Waals surface area contributed by atoms with E-state index in [0.29, 0.717) is 6.07 Å². The topological polar surface area (TPSA) is 37.8 Å². The molecular weight excluding hydrogens is 366 g/mol. The van der Waals surface area contributed by atoms with E-state index in [0.717, 1.165) is 18.2 Å². The highest BCUT2D eigenvalue weighted by Gasteiger charge is 2.18. The number of aryl methyl sites for hydroxylation is 1. The maximum atomic E-state index is 14.2. The standard InChI is InChI=1S/C18H11F4N3S/c1-9-23-17(12-4-2-10(19)6-14(12)21)13(8-26)18(24-9)25-16-5-3-11(20)7-15(16)22/h2-8H,1H3,(H,23,24,25). The van der Waals surface area contributed by atoms with Crippen LogP contribution < -0.4 is 5.32 Å². The lowest BCUT2D eigenvalue weighted by Crippen LogP contribution is -2.07. The number of rotatable bonds is 4. The van der Waals surface area contributed by atoms with E-state index in [9.17, 15) is 17.6 Å². The predicted octanol–water partition coefficient (Wildman–Crippen LogP) is 5.10. The third-order valence-electron chi connectivity index (χ3n) is 3.55. The van der Waals surface area contributed by atoms with Crippen LogP contribution in [0.25, 0.3) is 11.3 Å². The van der Waals surface area contributed by atoms with Crippen LogP contribution in [0.15, 0.2) is 36.4 Å². The third kappa shape index (κ3) is 3.55. The Bertz CT molecular complexity index is 1010. The zero-order chi connectivity index (χ0) is 18.8. The number of nitrogens with zero attached hydrogens (tertiary/aromatic N) is 2. The van der Waals surface area contributed by atoms with Crippen molar-refractivity contribution >= 4 is 29.1 Å². The average molecular weight is 377 g/mol. The summed E-state index contributed by atoms with van der Waals surface area (Å²) in [5.41, 5.74) is 0.346. The summed E-state index contributed by atoms with van der Waals surface area (Å²) in [6.45, 7) is 1.56. The lowest BCUT2D eigenvalue weighted by Gasteiger charge is -2.14. The van der Waals surface area contributed by atoms with Gasteiger partial charge in [0.15, 0.2) is 0 Å². The first-order chi connectivity index (χ1) is 12.4. The molecule has 26 heavy (non-hydrogen) atoms. The van der Waals surface area contributed by atoms with Crippen molar-refractivity contribution in [3.05, 3.63) is 71.1 Å². The molecule has 0 fully saturated rings. The summed E-state index contributed by atoms with van der Waals surface area (Å²) in [6, 6.07) is 6.05. The molecule has 0 bridgehead atoms. The monoisotopic (exact) mass is 377 g/mol. The van der Waals surface area contributed by atoms with Crippen LogP contribution >= 0.6 is 12.2 Å². The van der Waals surface area contributed by atoms with Crippen LogP contribution in [0.2, 0.25) is 0 Å². The summed E-state index contributed by atoms with van der Waals surface area (Å²) in [7, 11) is 0. The van der Waals surface area contributed by atoms with Gasteiger partial charge in [-0.1, -0.05) is 12.2 Å². The molecule has 0 unspecified atom stereocenters. The molecule has 3 rings (SSSR count). The lowest BCUT2D eigenvalue weighted by atomic mass is 10.1. The molecule has 0 aliphatic rings. The second-order valence-corrected chi connectivity index (χ2v) is 5.61. The minimum absolute atomic E-state index is 0.0237. The van der Waals surface area contributed by atoms with Gasteiger partial charge in [-0.25, -0.2) is 27.5 Å². The minimum atomic E-state index is -0.828. The Labute approximate surface area is 151 Å². The van der Waals surface area contributed by atoms with Gasteiger partial charge in [0.05, 0.1) is 16.9 Å². The molecule has 0 spiro atoms. The van der Waals surface area contributed by atoms with Gasteiger partial charge in [0.25, 0.3) is 0 Å². The average Bonchev–Trinajstić information content (AvgIpc) is 2.57. The Morgan fingerprint density at radius 1 is 0.923 bits per heavy atom. The molecule has 1 aromatic heterocycles. The molecule has 2 aromatic carbocycles. The number of aromatic nitrogens is 2. The van der Waals surface area contributed by atoms with Gasteiger partial charge in [0.2, 0.25) is 0 Å². The van der Waals surface area contributed by atoms with E-state index >= 15 is 0 Å². The number of hydrogen-bond donors (Lipinski definition) is 1. The van der Waals surface area contributed by atoms with Crippen molar-refractivity contribution in [1.82, 2.24) is 9.97 Å². The fourth-order valence-corrected chi connectivity index (χ4v) is 2.62. The maximum Gasteiger partial charge on any atom is 0.149 e. The second kappa shape index (κ2) is 7.17. The molecule has 1 N–H and O–H groups in total. The number of nitrogens with one attached hydrogen (secondary N) is 1. The lowest BCUT2D eigenvalue weighted by molar-refractivity contribution is 0.584. The number of benzene rings is 2. The van der Waals surface area contributed by atoms with Crippen LogP contribution in [0.3, 0.4) is 0 Å². The fraction of sp³-hybridized carbons (Fsp3) is 0.0556. The third-order valence-corrected chi connectivity index (χ3v) is 3.78. The van der Waals surface area contributed by atoms with Crippen LogP contribution in [0.5, 0.6) is 0 Å². The summed E-state index contributed by atoms with van der Waals surface area (Å²) in [5.74, 6) is -2.72. The maximum absolute atomic E-state index is 14.2. The molecule has 0 saturated heterocycles. The predicted molar refractivity (Wildman–Crippen MR) is 94.5 cm³/mol. The van der Waals surface area contributed by atoms with Crippen LogP contribution in [0, 0.1) is 30.2 Å². The van der Waals surface area contributed by atoms with Crippen molar-refractivity contribution in [3.63, 3.8) is 0 Å². The first-order valence-electron chi connectivity index (χ1n) is 7.40. The molecule has 0 aliphatic carbocycles. The first-order valence-corrected chi connectivity index (χ1v) is 7.87. The molecule has 1 heterocycles. The minimum Gasteiger partial charge on any atom is -0.337 e. The normalized spacial score (nSPS) is 10.7. The largest absolute Gasteiger partial charge is 0.337 e. The van der Waals surface area contributed by atoms with Gasteiger partial charge in [0, 0.05) is 23.1 Å². The molecule has 0 atom stereocenters. The van der Waals surface area contributed by atoms with E-state index in [2.05, 4.69) is 15.3 Å². The molecule has 3 aromatic rings. The second-order valence-electron chi connectivity index (χ2n) is 5.37. The summed E-state index contributed by atoms with van der Waals surface area (Å²) in [4.78, 5) is 8.34. The van der Waals surface area contributed by atoms with Gasteiger partial charge in [-0.15, -0.1) is 0 Å². The molecule has 132 valence electrons. The Morgan fingerprint density at radius 2 is 1.58 bits per heavy atom. The summed E-state index contributed by atoms with van der Waals surface area (Å²) < 4.78 is 54.4. The van der Waals surface area contributed by atoms with Crippen molar-refractivity contribution in [3.8, 4) is 11.3 Å². The number of anilines is 2. The zero-order valence-electron chi connectivity index (χ0n) is 13.4. The highest BCUT2D eigenvalue weighted by Crippen LogP contribution is 2.30.